The molecule has 3 atom stereocenters. The molecule has 0 amide bonds. The van der Waals surface area contributed by atoms with Crippen LogP contribution in [0.1, 0.15) is 20.3 Å². The second-order valence-electron chi connectivity index (χ2n) is 4.28. The van der Waals surface area contributed by atoms with Crippen LogP contribution in [0, 0.1) is 11.8 Å². The van der Waals surface area contributed by atoms with Crippen LogP contribution in [0.25, 0.3) is 0 Å². The van der Waals surface area contributed by atoms with E-state index >= 15 is 0 Å². The first-order valence-electron chi connectivity index (χ1n) is 6.04. The Balaban J connectivity index is 4.56. The monoisotopic (exact) mass is 256 g/mol. The first-order valence-corrected chi connectivity index (χ1v) is 6.04. The SMILES string of the molecule is C=CC[C@H](C)[C@H](OCOC)[C@H](C)/C=C\C(=O)OC. The third-order valence-electron chi connectivity index (χ3n) is 2.73. The summed E-state index contributed by atoms with van der Waals surface area (Å²) in [4.78, 5) is 11.1. The van der Waals surface area contributed by atoms with E-state index in [0.29, 0.717) is 5.92 Å². The Hall–Kier alpha value is -1.13. The molecule has 0 bridgehead atoms. The van der Waals surface area contributed by atoms with E-state index in [1.165, 1.54) is 13.2 Å². The highest BCUT2D eigenvalue weighted by atomic mass is 16.7. The lowest BCUT2D eigenvalue weighted by atomic mass is 9.90. The lowest BCUT2D eigenvalue weighted by Gasteiger charge is -2.27. The highest BCUT2D eigenvalue weighted by Crippen LogP contribution is 2.21. The molecule has 0 fully saturated rings. The van der Waals surface area contributed by atoms with Gasteiger partial charge in [-0.1, -0.05) is 26.0 Å². The molecule has 0 rings (SSSR count). The number of ether oxygens (including phenoxy) is 3. The molecule has 104 valence electrons. The van der Waals surface area contributed by atoms with Crippen molar-refractivity contribution in [1.82, 2.24) is 0 Å². The minimum absolute atomic E-state index is 0.0242. The van der Waals surface area contributed by atoms with Gasteiger partial charge in [0, 0.05) is 19.1 Å². The summed E-state index contributed by atoms with van der Waals surface area (Å²) in [6.45, 7) is 8.06. The zero-order valence-corrected chi connectivity index (χ0v) is 11.7. The van der Waals surface area contributed by atoms with E-state index in [0.717, 1.165) is 6.42 Å². The topological polar surface area (TPSA) is 44.8 Å². The third-order valence-corrected chi connectivity index (χ3v) is 2.73. The number of hydrogen-bond donors (Lipinski definition) is 0. The summed E-state index contributed by atoms with van der Waals surface area (Å²) in [6.07, 6.45) is 5.92. The highest BCUT2D eigenvalue weighted by Gasteiger charge is 2.22. The Labute approximate surface area is 110 Å². The number of carbonyl (C=O) groups excluding carboxylic acids is 1. The van der Waals surface area contributed by atoms with Crippen LogP contribution < -0.4 is 0 Å². The van der Waals surface area contributed by atoms with Gasteiger partial charge >= 0.3 is 5.97 Å². The average Bonchev–Trinajstić information content (AvgIpc) is 2.36. The lowest BCUT2D eigenvalue weighted by Crippen LogP contribution is -2.29. The number of hydrogen-bond acceptors (Lipinski definition) is 4. The maximum absolute atomic E-state index is 11.1. The molecule has 0 saturated carbocycles. The molecule has 4 heteroatoms. The predicted octanol–water partition coefficient (Wildman–Crippen LogP) is 2.55. The van der Waals surface area contributed by atoms with Crippen LogP contribution in [-0.4, -0.2) is 33.1 Å². The average molecular weight is 256 g/mol. The summed E-state index contributed by atoms with van der Waals surface area (Å²) in [5.74, 6) is 0.0351. The van der Waals surface area contributed by atoms with Gasteiger partial charge in [-0.3, -0.25) is 0 Å². The van der Waals surface area contributed by atoms with E-state index in [-0.39, 0.29) is 24.8 Å². The zero-order chi connectivity index (χ0) is 14.0. The van der Waals surface area contributed by atoms with Gasteiger partial charge in [0.2, 0.25) is 0 Å². The van der Waals surface area contributed by atoms with Gasteiger partial charge in [0.15, 0.2) is 0 Å². The van der Waals surface area contributed by atoms with Crippen LogP contribution >= 0.6 is 0 Å². The molecule has 0 aliphatic carbocycles. The number of carbonyl (C=O) groups is 1. The molecule has 0 heterocycles. The van der Waals surface area contributed by atoms with Crippen molar-refractivity contribution in [3.63, 3.8) is 0 Å². The Kier molecular flexibility index (Phi) is 9.24. The second kappa shape index (κ2) is 9.85. The van der Waals surface area contributed by atoms with Crippen LogP contribution in [0.5, 0.6) is 0 Å². The van der Waals surface area contributed by atoms with Crippen molar-refractivity contribution in [2.24, 2.45) is 11.8 Å². The molecule has 0 unspecified atom stereocenters. The van der Waals surface area contributed by atoms with Crippen molar-refractivity contribution >= 4 is 5.97 Å². The minimum atomic E-state index is -0.358. The lowest BCUT2D eigenvalue weighted by molar-refractivity contribution is -0.134. The number of methoxy groups -OCH3 is 2. The zero-order valence-electron chi connectivity index (χ0n) is 11.7. The molecule has 0 aliphatic rings. The van der Waals surface area contributed by atoms with E-state index < -0.39 is 0 Å². The largest absolute Gasteiger partial charge is 0.466 e. The maximum Gasteiger partial charge on any atom is 0.330 e. The highest BCUT2D eigenvalue weighted by molar-refractivity contribution is 5.81. The molecule has 0 aliphatic heterocycles. The van der Waals surface area contributed by atoms with E-state index in [1.54, 1.807) is 13.2 Å². The summed E-state index contributed by atoms with van der Waals surface area (Å²) in [7, 11) is 2.95. The fourth-order valence-electron chi connectivity index (χ4n) is 1.79. The molecule has 4 nitrogen and oxygen atoms in total. The molecule has 0 spiro atoms. The van der Waals surface area contributed by atoms with Crippen LogP contribution in [0.3, 0.4) is 0 Å². The second-order valence-corrected chi connectivity index (χ2v) is 4.28. The van der Waals surface area contributed by atoms with E-state index in [1.807, 2.05) is 13.0 Å². The van der Waals surface area contributed by atoms with Crippen molar-refractivity contribution < 1.29 is 19.0 Å². The van der Waals surface area contributed by atoms with E-state index in [4.69, 9.17) is 9.47 Å². The fraction of sp³-hybridized carbons (Fsp3) is 0.643. The molecule has 18 heavy (non-hydrogen) atoms. The quantitative estimate of drug-likeness (QED) is 0.275. The van der Waals surface area contributed by atoms with Crippen LogP contribution in [0.4, 0.5) is 0 Å². The maximum atomic E-state index is 11.1. The van der Waals surface area contributed by atoms with Gasteiger partial charge in [0.1, 0.15) is 6.79 Å². The molecule has 0 N–H and O–H groups in total. The molecule has 0 radical (unpaired) electrons. The Morgan fingerprint density at radius 2 is 2.00 bits per heavy atom. The predicted molar refractivity (Wildman–Crippen MR) is 71.0 cm³/mol. The molecule has 0 aromatic carbocycles. The molecule has 0 aromatic heterocycles. The first kappa shape index (κ1) is 16.9. The van der Waals surface area contributed by atoms with Gasteiger partial charge in [0.05, 0.1) is 13.2 Å². The van der Waals surface area contributed by atoms with Gasteiger partial charge < -0.3 is 14.2 Å². The summed E-state index contributed by atoms with van der Waals surface area (Å²) < 4.78 is 15.2. The summed E-state index contributed by atoms with van der Waals surface area (Å²) in [5.41, 5.74) is 0. The number of allylic oxidation sites excluding steroid dienone is 1. The van der Waals surface area contributed by atoms with Gasteiger partial charge in [-0.15, -0.1) is 6.58 Å². The van der Waals surface area contributed by atoms with Gasteiger partial charge in [0.25, 0.3) is 0 Å². The smallest absolute Gasteiger partial charge is 0.330 e. The fourth-order valence-corrected chi connectivity index (χ4v) is 1.79. The van der Waals surface area contributed by atoms with Crippen LogP contribution in [0.2, 0.25) is 0 Å². The van der Waals surface area contributed by atoms with Gasteiger partial charge in [-0.05, 0) is 12.3 Å². The van der Waals surface area contributed by atoms with Crippen LogP contribution in [-0.2, 0) is 19.0 Å². The molecular weight excluding hydrogens is 232 g/mol. The summed E-state index contributed by atoms with van der Waals surface area (Å²) in [5, 5.41) is 0. The molecular formula is C14H24O4. The normalized spacial score (nSPS) is 16.2. The third kappa shape index (κ3) is 6.57. The summed E-state index contributed by atoms with van der Waals surface area (Å²) >= 11 is 0. The first-order chi connectivity index (χ1) is 8.56. The Bertz CT molecular complexity index is 273. The molecule has 0 aromatic rings. The summed E-state index contributed by atoms with van der Waals surface area (Å²) in [6, 6.07) is 0. The standard InChI is InChI=1S/C14H24O4/c1-6-7-11(2)14(18-10-16-4)12(3)8-9-13(15)17-5/h6,8-9,11-12,14H,1,7,10H2,2-5H3/b9-8-/t11-,12+,14-/m0/s1. The minimum Gasteiger partial charge on any atom is -0.466 e. The number of esters is 1. The van der Waals surface area contributed by atoms with Gasteiger partial charge in [-0.2, -0.15) is 0 Å². The van der Waals surface area contributed by atoms with Crippen molar-refractivity contribution in [2.45, 2.75) is 26.4 Å². The van der Waals surface area contributed by atoms with Crippen LogP contribution in [0.15, 0.2) is 24.8 Å². The van der Waals surface area contributed by atoms with Crippen molar-refractivity contribution in [1.29, 1.82) is 0 Å². The Morgan fingerprint density at radius 1 is 1.33 bits per heavy atom. The number of rotatable bonds is 9. The van der Waals surface area contributed by atoms with Crippen molar-refractivity contribution in [3.05, 3.63) is 24.8 Å². The van der Waals surface area contributed by atoms with Crippen molar-refractivity contribution in [2.75, 3.05) is 21.0 Å². The van der Waals surface area contributed by atoms with Crippen molar-refractivity contribution in [3.8, 4) is 0 Å². The Morgan fingerprint density at radius 3 is 2.50 bits per heavy atom. The van der Waals surface area contributed by atoms with E-state index in [9.17, 15) is 4.79 Å². The molecule has 0 saturated heterocycles. The van der Waals surface area contributed by atoms with Gasteiger partial charge in [-0.25, -0.2) is 4.79 Å². The van der Waals surface area contributed by atoms with E-state index in [2.05, 4.69) is 18.2 Å².